The number of carbonyl (C=O) groups is 3. The van der Waals surface area contributed by atoms with Gasteiger partial charge >= 0.3 is 0 Å². The van der Waals surface area contributed by atoms with E-state index in [0.717, 1.165) is 36.9 Å². The second-order valence-electron chi connectivity index (χ2n) is 8.69. The van der Waals surface area contributed by atoms with Gasteiger partial charge in [-0.05, 0) is 56.0 Å². The molecule has 8 nitrogen and oxygen atoms in total. The minimum Gasteiger partial charge on any atom is -0.484 e. The van der Waals surface area contributed by atoms with E-state index < -0.39 is 11.9 Å². The molecule has 5 rings (SSSR count). The molecule has 33 heavy (non-hydrogen) atoms. The molecule has 0 bridgehead atoms. The molecule has 2 aromatic rings. The summed E-state index contributed by atoms with van der Waals surface area (Å²) in [5.41, 5.74) is 7.04. The average Bonchev–Trinajstić information content (AvgIpc) is 3.11. The molecular weight excluding hydrogens is 422 g/mol. The van der Waals surface area contributed by atoms with Gasteiger partial charge in [-0.2, -0.15) is 0 Å². The molecule has 8 heteroatoms. The van der Waals surface area contributed by atoms with E-state index in [9.17, 15) is 14.4 Å². The first-order chi connectivity index (χ1) is 15.9. The maximum atomic E-state index is 13.6. The van der Waals surface area contributed by atoms with Crippen molar-refractivity contribution in [3.8, 4) is 5.75 Å². The highest BCUT2D eigenvalue weighted by atomic mass is 16.5. The molecule has 3 unspecified atom stereocenters. The zero-order valence-electron chi connectivity index (χ0n) is 18.3. The van der Waals surface area contributed by atoms with Gasteiger partial charge in [-0.15, -0.1) is 0 Å². The lowest BCUT2D eigenvalue weighted by atomic mass is 9.77. The fraction of sp³-hybridized carbons (Fsp3) is 0.360. The lowest BCUT2D eigenvalue weighted by Gasteiger charge is -2.35. The Morgan fingerprint density at radius 2 is 1.91 bits per heavy atom. The molecule has 170 valence electrons. The van der Waals surface area contributed by atoms with E-state index in [1.165, 1.54) is 0 Å². The maximum absolute atomic E-state index is 13.6. The van der Waals surface area contributed by atoms with Crippen LogP contribution >= 0.6 is 0 Å². The second-order valence-corrected chi connectivity index (χ2v) is 8.69. The van der Waals surface area contributed by atoms with Crippen LogP contribution in [0.5, 0.6) is 5.75 Å². The van der Waals surface area contributed by atoms with Crippen LogP contribution in [-0.2, 0) is 19.1 Å². The number of pyridine rings is 1. The molecule has 3 atom stereocenters. The van der Waals surface area contributed by atoms with Gasteiger partial charge in [0.15, 0.2) is 18.1 Å². The number of nitrogens with zero attached hydrogens (tertiary/aromatic N) is 2. The Balaban J connectivity index is 1.57. The van der Waals surface area contributed by atoms with Crippen molar-refractivity contribution < 1.29 is 23.9 Å². The lowest BCUT2D eigenvalue weighted by molar-refractivity contribution is -0.131. The molecule has 0 radical (unpaired) electrons. The summed E-state index contributed by atoms with van der Waals surface area (Å²) in [6, 6.07) is 11.8. The third-order valence-electron chi connectivity index (χ3n) is 6.46. The van der Waals surface area contributed by atoms with E-state index in [2.05, 4.69) is 4.98 Å². The number of amides is 2. The third-order valence-corrected chi connectivity index (χ3v) is 6.46. The molecule has 3 aliphatic rings. The zero-order valence-corrected chi connectivity index (χ0v) is 18.3. The summed E-state index contributed by atoms with van der Waals surface area (Å²) in [7, 11) is 0. The number of rotatable bonds is 5. The number of nitrogens with two attached hydrogens (primary N) is 1. The van der Waals surface area contributed by atoms with E-state index in [4.69, 9.17) is 15.2 Å². The summed E-state index contributed by atoms with van der Waals surface area (Å²) in [5, 5.41) is 0. The smallest absolute Gasteiger partial charge is 0.295 e. The van der Waals surface area contributed by atoms with Gasteiger partial charge < -0.3 is 15.2 Å². The minimum atomic E-state index is -0.651. The third kappa shape index (κ3) is 3.75. The van der Waals surface area contributed by atoms with Crippen molar-refractivity contribution in [1.29, 1.82) is 0 Å². The van der Waals surface area contributed by atoms with Gasteiger partial charge in [-0.3, -0.25) is 19.3 Å². The summed E-state index contributed by atoms with van der Waals surface area (Å²) in [6.45, 7) is 1.62. The van der Waals surface area contributed by atoms with Gasteiger partial charge in [-0.25, -0.2) is 4.98 Å². The van der Waals surface area contributed by atoms with Gasteiger partial charge in [-0.1, -0.05) is 24.6 Å². The minimum absolute atomic E-state index is 0.0106. The standard InChI is InChI=1S/C25H25N3O5/c1-14-5-4-8-20(27-14)28-22(15-9-11-16(12-10-15)32-13-19(26)29)21-23(30)17-6-2-3-7-18(17)33-24(21)25(28)31/h4-5,8-12,17-18,22H,2-3,6-7,13H2,1H3,(H2,26,29). The molecule has 2 aliphatic heterocycles. The van der Waals surface area contributed by atoms with E-state index in [0.29, 0.717) is 17.1 Å². The number of anilines is 1. The number of ether oxygens (including phenoxy) is 2. The van der Waals surface area contributed by atoms with Crippen molar-refractivity contribution in [2.75, 3.05) is 11.5 Å². The second kappa shape index (κ2) is 8.35. The fourth-order valence-electron chi connectivity index (χ4n) is 4.96. The Morgan fingerprint density at radius 1 is 1.15 bits per heavy atom. The molecule has 1 aromatic heterocycles. The van der Waals surface area contributed by atoms with Crippen LogP contribution in [0.3, 0.4) is 0 Å². The first-order valence-electron chi connectivity index (χ1n) is 11.2. The van der Waals surface area contributed by atoms with Crippen molar-refractivity contribution in [2.45, 2.75) is 44.8 Å². The molecule has 1 aromatic carbocycles. The summed E-state index contributed by atoms with van der Waals surface area (Å²) in [5.74, 6) is -0.0772. The van der Waals surface area contributed by atoms with Crippen LogP contribution in [-0.4, -0.2) is 35.3 Å². The van der Waals surface area contributed by atoms with Gasteiger partial charge in [0.1, 0.15) is 17.7 Å². The number of carbonyl (C=O) groups excluding carboxylic acids is 3. The molecule has 2 N–H and O–H groups in total. The Hall–Kier alpha value is -3.68. The fourth-order valence-corrected chi connectivity index (χ4v) is 4.96. The summed E-state index contributed by atoms with van der Waals surface area (Å²) in [4.78, 5) is 44.3. The van der Waals surface area contributed by atoms with Crippen molar-refractivity contribution in [2.24, 2.45) is 11.7 Å². The van der Waals surface area contributed by atoms with Gasteiger partial charge in [0, 0.05) is 5.69 Å². The highest BCUT2D eigenvalue weighted by molar-refractivity contribution is 6.17. The van der Waals surface area contributed by atoms with Crippen LogP contribution in [0.4, 0.5) is 5.82 Å². The van der Waals surface area contributed by atoms with Gasteiger partial charge in [0.2, 0.25) is 0 Å². The molecule has 0 saturated heterocycles. The molecule has 1 saturated carbocycles. The van der Waals surface area contributed by atoms with Crippen LogP contribution in [0.25, 0.3) is 0 Å². The molecule has 1 fully saturated rings. The molecular formula is C25H25N3O5. The number of fused-ring (bicyclic) bond motifs is 1. The summed E-state index contributed by atoms with van der Waals surface area (Å²) < 4.78 is 11.5. The Kier molecular flexibility index (Phi) is 5.36. The first kappa shape index (κ1) is 21.2. The number of benzene rings is 1. The van der Waals surface area contributed by atoms with Crippen molar-refractivity contribution >= 4 is 23.4 Å². The van der Waals surface area contributed by atoms with Crippen molar-refractivity contribution in [3.63, 3.8) is 0 Å². The van der Waals surface area contributed by atoms with Crippen LogP contribution in [0, 0.1) is 12.8 Å². The molecule has 1 aliphatic carbocycles. The van der Waals surface area contributed by atoms with Crippen LogP contribution < -0.4 is 15.4 Å². The summed E-state index contributed by atoms with van der Waals surface area (Å²) >= 11 is 0. The predicted molar refractivity (Wildman–Crippen MR) is 119 cm³/mol. The SMILES string of the molecule is Cc1cccc(N2C(=O)C3=C(C(=O)C4CCCCC4O3)C2c2ccc(OCC(N)=O)cc2)n1. The lowest BCUT2D eigenvalue weighted by Crippen LogP contribution is -2.39. The zero-order chi connectivity index (χ0) is 23.1. The molecule has 2 amide bonds. The van der Waals surface area contributed by atoms with E-state index in [1.807, 2.05) is 19.1 Å². The van der Waals surface area contributed by atoms with E-state index >= 15 is 0 Å². The number of hydrogen-bond donors (Lipinski definition) is 1. The Morgan fingerprint density at radius 3 is 2.64 bits per heavy atom. The number of ketones is 1. The topological polar surface area (TPSA) is 112 Å². The van der Waals surface area contributed by atoms with Gasteiger partial charge in [0.05, 0.1) is 17.5 Å². The molecule has 0 spiro atoms. The summed E-state index contributed by atoms with van der Waals surface area (Å²) in [6.07, 6.45) is 3.27. The number of aromatic nitrogens is 1. The molecule has 3 heterocycles. The Bertz CT molecular complexity index is 1160. The average molecular weight is 447 g/mol. The highest BCUT2D eigenvalue weighted by Gasteiger charge is 2.52. The van der Waals surface area contributed by atoms with E-state index in [-0.39, 0.29) is 36.1 Å². The number of hydrogen-bond acceptors (Lipinski definition) is 6. The Labute approximate surface area is 191 Å². The first-order valence-corrected chi connectivity index (χ1v) is 11.2. The highest BCUT2D eigenvalue weighted by Crippen LogP contribution is 2.48. The van der Waals surface area contributed by atoms with Crippen molar-refractivity contribution in [1.82, 2.24) is 4.98 Å². The number of primary amides is 1. The van der Waals surface area contributed by atoms with Crippen LogP contribution in [0.2, 0.25) is 0 Å². The van der Waals surface area contributed by atoms with Crippen LogP contribution in [0.15, 0.2) is 53.8 Å². The quantitative estimate of drug-likeness (QED) is 0.754. The predicted octanol–water partition coefficient (Wildman–Crippen LogP) is 2.75. The van der Waals surface area contributed by atoms with Gasteiger partial charge in [0.25, 0.3) is 11.8 Å². The number of aryl methyl sites for hydroxylation is 1. The van der Waals surface area contributed by atoms with E-state index in [1.54, 1.807) is 35.2 Å². The largest absolute Gasteiger partial charge is 0.484 e. The monoisotopic (exact) mass is 447 g/mol. The van der Waals surface area contributed by atoms with Crippen LogP contribution in [0.1, 0.15) is 43.0 Å². The van der Waals surface area contributed by atoms with Crippen molar-refractivity contribution in [3.05, 3.63) is 65.1 Å². The normalized spacial score (nSPS) is 24.3. The maximum Gasteiger partial charge on any atom is 0.295 e. The number of Topliss-reactive ketones (excluding diaryl/α,β-unsaturated/α-hetero) is 1.